The van der Waals surface area contributed by atoms with Crippen LogP contribution in [-0.2, 0) is 0 Å². The first kappa shape index (κ1) is 13.8. The molecule has 3 saturated heterocycles. The Labute approximate surface area is 118 Å². The smallest absolute Gasteiger partial charge is 0.0221 e. The molecule has 0 radical (unpaired) electrons. The van der Waals surface area contributed by atoms with Crippen molar-refractivity contribution in [2.45, 2.75) is 76.5 Å². The lowest BCUT2D eigenvalue weighted by molar-refractivity contribution is 0.0286. The molecule has 3 heteroatoms. The Morgan fingerprint density at radius 2 is 1.95 bits per heavy atom. The summed E-state index contributed by atoms with van der Waals surface area (Å²) in [6, 6.07) is 3.27. The van der Waals surface area contributed by atoms with Gasteiger partial charge in [-0.3, -0.25) is 4.90 Å². The highest BCUT2D eigenvalue weighted by molar-refractivity contribution is 4.95. The van der Waals surface area contributed by atoms with Crippen LogP contribution in [0.25, 0.3) is 0 Å². The molecule has 0 aliphatic carbocycles. The van der Waals surface area contributed by atoms with Crippen LogP contribution in [0.3, 0.4) is 0 Å². The van der Waals surface area contributed by atoms with Crippen molar-refractivity contribution in [3.8, 4) is 0 Å². The van der Waals surface area contributed by atoms with Crippen molar-refractivity contribution in [3.63, 3.8) is 0 Å². The van der Waals surface area contributed by atoms with Gasteiger partial charge in [0.25, 0.3) is 0 Å². The summed E-state index contributed by atoms with van der Waals surface area (Å²) in [5.74, 6) is 0. The highest BCUT2D eigenvalue weighted by Gasteiger charge is 2.37. The quantitative estimate of drug-likeness (QED) is 0.843. The maximum atomic E-state index is 3.73. The lowest BCUT2D eigenvalue weighted by atomic mass is 9.92. The molecule has 3 rings (SSSR count). The standard InChI is InChI=1S/C16H31N3/c1-3-13-12-19(14(4-2)11-17-13)16-7-9-18-8-5-6-15(18)10-16/h13-17H,3-12H2,1-2H3. The van der Waals surface area contributed by atoms with Gasteiger partial charge in [0.2, 0.25) is 0 Å². The molecule has 3 nitrogen and oxygen atoms in total. The van der Waals surface area contributed by atoms with Gasteiger partial charge in [0.1, 0.15) is 0 Å². The van der Waals surface area contributed by atoms with Crippen molar-refractivity contribution >= 4 is 0 Å². The van der Waals surface area contributed by atoms with Crippen LogP contribution in [0, 0.1) is 0 Å². The van der Waals surface area contributed by atoms with Crippen LogP contribution in [0.4, 0.5) is 0 Å². The van der Waals surface area contributed by atoms with Crippen LogP contribution in [0.5, 0.6) is 0 Å². The summed E-state index contributed by atoms with van der Waals surface area (Å²) >= 11 is 0. The third-order valence-electron chi connectivity index (χ3n) is 5.77. The predicted octanol–water partition coefficient (Wildman–Crippen LogP) is 2.08. The molecule has 0 spiro atoms. The SMILES string of the molecule is CCC1CN(C2CCN3CCCC3C2)C(CC)CN1. The second-order valence-corrected chi connectivity index (χ2v) is 6.78. The number of piperidine rings is 1. The van der Waals surface area contributed by atoms with Gasteiger partial charge < -0.3 is 10.2 Å². The second kappa shape index (κ2) is 6.11. The number of hydrogen-bond donors (Lipinski definition) is 1. The van der Waals surface area contributed by atoms with E-state index in [9.17, 15) is 0 Å². The van der Waals surface area contributed by atoms with Gasteiger partial charge in [-0.1, -0.05) is 13.8 Å². The molecule has 4 unspecified atom stereocenters. The zero-order valence-electron chi connectivity index (χ0n) is 12.8. The molecule has 1 N–H and O–H groups in total. The fourth-order valence-electron chi connectivity index (χ4n) is 4.49. The average molecular weight is 265 g/mol. The van der Waals surface area contributed by atoms with Crippen LogP contribution >= 0.6 is 0 Å². The third-order valence-corrected chi connectivity index (χ3v) is 5.77. The maximum Gasteiger partial charge on any atom is 0.0221 e. The lowest BCUT2D eigenvalue weighted by Gasteiger charge is -2.48. The summed E-state index contributed by atoms with van der Waals surface area (Å²) in [6.45, 7) is 9.89. The number of rotatable bonds is 3. The van der Waals surface area contributed by atoms with Gasteiger partial charge in [0.05, 0.1) is 0 Å². The van der Waals surface area contributed by atoms with E-state index in [1.807, 2.05) is 0 Å². The topological polar surface area (TPSA) is 18.5 Å². The molecule has 0 aromatic rings. The van der Waals surface area contributed by atoms with Crippen molar-refractivity contribution in [1.82, 2.24) is 15.1 Å². The minimum absolute atomic E-state index is 0.726. The van der Waals surface area contributed by atoms with Gasteiger partial charge >= 0.3 is 0 Å². The van der Waals surface area contributed by atoms with E-state index in [1.54, 1.807) is 0 Å². The molecule has 110 valence electrons. The number of fused-ring (bicyclic) bond motifs is 1. The van der Waals surface area contributed by atoms with E-state index in [0.29, 0.717) is 0 Å². The average Bonchev–Trinajstić information content (AvgIpc) is 2.93. The Hall–Kier alpha value is -0.120. The fourth-order valence-corrected chi connectivity index (χ4v) is 4.49. The van der Waals surface area contributed by atoms with Crippen molar-refractivity contribution in [2.75, 3.05) is 26.2 Å². The molecule has 0 saturated carbocycles. The summed E-state index contributed by atoms with van der Waals surface area (Å²) < 4.78 is 0. The van der Waals surface area contributed by atoms with Crippen LogP contribution in [0.15, 0.2) is 0 Å². The molecule has 0 aromatic carbocycles. The molecule has 3 aliphatic heterocycles. The minimum Gasteiger partial charge on any atom is -0.311 e. The molecule has 0 amide bonds. The molecule has 4 atom stereocenters. The van der Waals surface area contributed by atoms with Crippen molar-refractivity contribution in [2.24, 2.45) is 0 Å². The Kier molecular flexibility index (Phi) is 4.45. The van der Waals surface area contributed by atoms with E-state index in [4.69, 9.17) is 0 Å². The lowest BCUT2D eigenvalue weighted by Crippen LogP contribution is -2.61. The number of hydrogen-bond acceptors (Lipinski definition) is 3. The number of piperazine rings is 1. The van der Waals surface area contributed by atoms with E-state index in [2.05, 4.69) is 29.0 Å². The summed E-state index contributed by atoms with van der Waals surface area (Å²) in [6.07, 6.45) is 8.31. The number of nitrogens with zero attached hydrogens (tertiary/aromatic N) is 2. The molecule has 19 heavy (non-hydrogen) atoms. The Bertz CT molecular complexity index is 294. The van der Waals surface area contributed by atoms with Gasteiger partial charge in [-0.05, 0) is 51.6 Å². The van der Waals surface area contributed by atoms with Crippen molar-refractivity contribution in [1.29, 1.82) is 0 Å². The van der Waals surface area contributed by atoms with Crippen molar-refractivity contribution < 1.29 is 0 Å². The van der Waals surface area contributed by atoms with Crippen LogP contribution in [0.2, 0.25) is 0 Å². The monoisotopic (exact) mass is 265 g/mol. The van der Waals surface area contributed by atoms with E-state index >= 15 is 0 Å². The first-order valence-corrected chi connectivity index (χ1v) is 8.55. The molecule has 0 aromatic heterocycles. The first-order chi connectivity index (χ1) is 9.31. The summed E-state index contributed by atoms with van der Waals surface area (Å²) in [5, 5.41) is 3.73. The summed E-state index contributed by atoms with van der Waals surface area (Å²) in [4.78, 5) is 5.62. The highest BCUT2D eigenvalue weighted by Crippen LogP contribution is 2.31. The highest BCUT2D eigenvalue weighted by atomic mass is 15.3. The third kappa shape index (κ3) is 2.84. The Morgan fingerprint density at radius 1 is 1.05 bits per heavy atom. The zero-order valence-corrected chi connectivity index (χ0v) is 12.8. The van der Waals surface area contributed by atoms with Gasteiger partial charge in [-0.15, -0.1) is 0 Å². The molecule has 3 heterocycles. The largest absolute Gasteiger partial charge is 0.311 e. The van der Waals surface area contributed by atoms with E-state index in [-0.39, 0.29) is 0 Å². The van der Waals surface area contributed by atoms with Gasteiger partial charge in [0.15, 0.2) is 0 Å². The first-order valence-electron chi connectivity index (χ1n) is 8.55. The molecule has 3 aliphatic rings. The second-order valence-electron chi connectivity index (χ2n) is 6.78. The van der Waals surface area contributed by atoms with Crippen LogP contribution < -0.4 is 5.32 Å². The van der Waals surface area contributed by atoms with Gasteiger partial charge in [0, 0.05) is 37.3 Å². The molecule has 3 fully saturated rings. The number of nitrogens with one attached hydrogen (secondary N) is 1. The predicted molar refractivity (Wildman–Crippen MR) is 80.5 cm³/mol. The van der Waals surface area contributed by atoms with E-state index in [0.717, 1.165) is 24.2 Å². The summed E-state index contributed by atoms with van der Waals surface area (Å²) in [5.41, 5.74) is 0. The van der Waals surface area contributed by atoms with E-state index < -0.39 is 0 Å². The Balaban J connectivity index is 1.64. The summed E-state index contributed by atoms with van der Waals surface area (Å²) in [7, 11) is 0. The normalized spacial score (nSPS) is 41.4. The fraction of sp³-hybridized carbons (Fsp3) is 1.00. The zero-order chi connectivity index (χ0) is 13.2. The van der Waals surface area contributed by atoms with Gasteiger partial charge in [-0.2, -0.15) is 0 Å². The maximum absolute atomic E-state index is 3.73. The minimum atomic E-state index is 0.726. The molecular weight excluding hydrogens is 234 g/mol. The molecule has 0 bridgehead atoms. The van der Waals surface area contributed by atoms with Gasteiger partial charge in [-0.25, -0.2) is 0 Å². The Morgan fingerprint density at radius 3 is 2.74 bits per heavy atom. The van der Waals surface area contributed by atoms with Crippen LogP contribution in [0.1, 0.15) is 52.4 Å². The van der Waals surface area contributed by atoms with Crippen LogP contribution in [-0.4, -0.2) is 60.1 Å². The molecular formula is C16H31N3. The van der Waals surface area contributed by atoms with Crippen molar-refractivity contribution in [3.05, 3.63) is 0 Å². The van der Waals surface area contributed by atoms with E-state index in [1.165, 1.54) is 64.7 Å².